The molecule has 0 unspecified atom stereocenters. The van der Waals surface area contributed by atoms with E-state index in [1.54, 1.807) is 42.7 Å². The van der Waals surface area contributed by atoms with E-state index in [2.05, 4.69) is 19.9 Å². The van der Waals surface area contributed by atoms with E-state index in [9.17, 15) is 0 Å². The first kappa shape index (κ1) is 33.1. The molecular weight excluding hydrogens is 714 g/mol. The van der Waals surface area contributed by atoms with Crippen LogP contribution in [0.15, 0.2) is 164 Å². The van der Waals surface area contributed by atoms with Crippen LogP contribution in [0.25, 0.3) is 66.6 Å². The Balaban J connectivity index is 1.14. The highest BCUT2D eigenvalue weighted by Crippen LogP contribution is 2.48. The van der Waals surface area contributed by atoms with Gasteiger partial charge in [0.25, 0.3) is 0 Å². The molecule has 0 saturated carbocycles. The number of pyridine rings is 2. The van der Waals surface area contributed by atoms with Gasteiger partial charge >= 0.3 is 6.18 Å². The Morgan fingerprint density at radius 1 is 0.429 bits per heavy atom. The van der Waals surface area contributed by atoms with Crippen LogP contribution in [0.3, 0.4) is 0 Å². The summed E-state index contributed by atoms with van der Waals surface area (Å²) >= 11 is 0. The molecule has 11 heteroatoms. The van der Waals surface area contributed by atoms with Gasteiger partial charge in [0, 0.05) is 64.0 Å². The second-order valence-corrected chi connectivity index (χ2v) is 13.1. The van der Waals surface area contributed by atoms with Gasteiger partial charge in [-0.05, 0) is 78.9 Å². The molecule has 0 bridgehead atoms. The van der Waals surface area contributed by atoms with E-state index in [1.807, 2.05) is 106 Å². The third-order valence-corrected chi connectivity index (χ3v) is 9.68. The fourth-order valence-corrected chi connectivity index (χ4v) is 7.35. The van der Waals surface area contributed by atoms with Gasteiger partial charge in [-0.15, -0.1) is 0 Å². The molecule has 0 saturated heterocycles. The molecule has 0 aliphatic carbocycles. The molecule has 0 aliphatic rings. The van der Waals surface area contributed by atoms with Crippen molar-refractivity contribution in [1.29, 1.82) is 0 Å². The first-order valence-corrected chi connectivity index (χ1v) is 17.7. The van der Waals surface area contributed by atoms with Crippen molar-refractivity contribution in [3.05, 3.63) is 170 Å². The molecule has 0 spiro atoms. The zero-order valence-electron chi connectivity index (χ0n) is 29.2. The van der Waals surface area contributed by atoms with Gasteiger partial charge in [-0.1, -0.05) is 48.5 Å². The van der Waals surface area contributed by atoms with Crippen molar-refractivity contribution in [1.82, 2.24) is 29.1 Å². The molecule has 56 heavy (non-hydrogen) atoms. The number of halogens is 3. The summed E-state index contributed by atoms with van der Waals surface area (Å²) in [6.07, 6.45) is 1.55. The molecule has 0 atom stereocenters. The maximum Gasteiger partial charge on any atom is 0.423 e. The van der Waals surface area contributed by atoms with E-state index in [1.165, 1.54) is 24.5 Å². The number of ether oxygens (including phenoxy) is 2. The molecule has 0 amide bonds. The predicted molar refractivity (Wildman–Crippen MR) is 210 cm³/mol. The lowest BCUT2D eigenvalue weighted by atomic mass is 10.1. The molecule has 5 aromatic heterocycles. The minimum Gasteiger partial charge on any atom is -0.456 e. The van der Waals surface area contributed by atoms with Crippen molar-refractivity contribution >= 4 is 43.6 Å². The van der Waals surface area contributed by atoms with Crippen molar-refractivity contribution < 1.29 is 22.6 Å². The fraction of sp³-hybridized carbons (Fsp3) is 0.0222. The average molecular weight is 741 g/mol. The molecule has 270 valence electrons. The maximum absolute atomic E-state index is 15.4. The fourth-order valence-electron chi connectivity index (χ4n) is 7.35. The van der Waals surface area contributed by atoms with E-state index >= 15 is 13.2 Å². The zero-order chi connectivity index (χ0) is 37.8. The van der Waals surface area contributed by atoms with Crippen LogP contribution in [0.1, 0.15) is 5.56 Å². The Kier molecular flexibility index (Phi) is 7.73. The Morgan fingerprint density at radius 2 is 0.875 bits per heavy atom. The number of fused-ring (bicyclic) bond motifs is 6. The molecule has 0 fully saturated rings. The molecule has 5 heterocycles. The lowest BCUT2D eigenvalue weighted by Gasteiger charge is -2.20. The summed E-state index contributed by atoms with van der Waals surface area (Å²) in [5, 5.41) is 3.72. The summed E-state index contributed by atoms with van der Waals surface area (Å²) in [5.41, 5.74) is 2.40. The Labute approximate surface area is 316 Å². The van der Waals surface area contributed by atoms with Gasteiger partial charge < -0.3 is 9.47 Å². The van der Waals surface area contributed by atoms with Gasteiger partial charge in [0.1, 0.15) is 40.2 Å². The molecule has 0 aliphatic heterocycles. The number of nitrogens with zero attached hydrogens (tertiary/aromatic N) is 6. The van der Waals surface area contributed by atoms with Crippen molar-refractivity contribution in [3.63, 3.8) is 0 Å². The van der Waals surface area contributed by atoms with Crippen LogP contribution in [0.2, 0.25) is 0 Å². The Hall–Kier alpha value is -7.53. The smallest absolute Gasteiger partial charge is 0.423 e. The van der Waals surface area contributed by atoms with E-state index in [0.717, 1.165) is 32.6 Å². The van der Waals surface area contributed by atoms with Gasteiger partial charge in [-0.2, -0.15) is 13.2 Å². The van der Waals surface area contributed by atoms with Gasteiger partial charge in [0.05, 0.1) is 22.1 Å². The SMILES string of the molecule is FC(F)(F)c1c(Oc2ccc3c4ccccc4n(-c4ccccn4)c3c2)cc(-c2ncccn2)cc1Oc1ccc2c3ccccc3n(-c3ccccn3)c2c1. The van der Waals surface area contributed by atoms with Crippen LogP contribution in [-0.2, 0) is 6.18 Å². The summed E-state index contributed by atoms with van der Waals surface area (Å²) in [7, 11) is 0. The maximum atomic E-state index is 15.4. The molecule has 10 aromatic rings. The molecule has 5 aromatic carbocycles. The number of alkyl halides is 3. The largest absolute Gasteiger partial charge is 0.456 e. The van der Waals surface area contributed by atoms with Gasteiger partial charge in [0.2, 0.25) is 0 Å². The number of hydrogen-bond donors (Lipinski definition) is 0. The standard InChI is InChI=1S/C45H27F3N6O2/c46-45(47,48)43-39(55-29-16-18-33-31-10-1-3-12-35(31)53(37(33)26-29)41-14-5-7-20-49-41)24-28(44-51-22-9-23-52-44)25-40(43)56-30-17-19-34-32-11-2-4-13-36(32)54(38(34)27-30)42-15-6-8-21-50-42/h1-27H. The normalized spacial score (nSPS) is 11.8. The van der Waals surface area contributed by atoms with Crippen molar-refractivity contribution in [2.24, 2.45) is 0 Å². The van der Waals surface area contributed by atoms with Crippen LogP contribution >= 0.6 is 0 Å². The van der Waals surface area contributed by atoms with E-state index in [0.29, 0.717) is 22.7 Å². The second-order valence-electron chi connectivity index (χ2n) is 13.1. The molecule has 0 N–H and O–H groups in total. The number of hydrogen-bond acceptors (Lipinski definition) is 6. The third-order valence-electron chi connectivity index (χ3n) is 9.68. The van der Waals surface area contributed by atoms with Gasteiger partial charge in [-0.3, -0.25) is 9.13 Å². The molecule has 8 nitrogen and oxygen atoms in total. The lowest BCUT2D eigenvalue weighted by molar-refractivity contribution is -0.139. The van der Waals surface area contributed by atoms with E-state index in [-0.39, 0.29) is 22.9 Å². The summed E-state index contributed by atoms with van der Waals surface area (Å²) in [4.78, 5) is 17.8. The number of para-hydroxylation sites is 2. The second kappa shape index (κ2) is 13.1. The molecule has 10 rings (SSSR count). The summed E-state index contributed by atoms with van der Waals surface area (Å²) in [6, 6.07) is 41.6. The first-order chi connectivity index (χ1) is 27.4. The highest BCUT2D eigenvalue weighted by atomic mass is 19.4. The van der Waals surface area contributed by atoms with Gasteiger partial charge in [0.15, 0.2) is 5.82 Å². The Morgan fingerprint density at radius 3 is 1.34 bits per heavy atom. The van der Waals surface area contributed by atoms with Crippen molar-refractivity contribution in [2.75, 3.05) is 0 Å². The van der Waals surface area contributed by atoms with Crippen molar-refractivity contribution in [2.45, 2.75) is 6.18 Å². The number of aromatic nitrogens is 6. The molecule has 0 radical (unpaired) electrons. The lowest BCUT2D eigenvalue weighted by Crippen LogP contribution is -2.10. The van der Waals surface area contributed by atoms with Crippen molar-refractivity contribution in [3.8, 4) is 46.0 Å². The van der Waals surface area contributed by atoms with E-state index in [4.69, 9.17) is 9.47 Å². The topological polar surface area (TPSA) is 79.9 Å². The van der Waals surface area contributed by atoms with Gasteiger partial charge in [-0.25, -0.2) is 19.9 Å². The average Bonchev–Trinajstić information content (AvgIpc) is 3.73. The van der Waals surface area contributed by atoms with Crippen LogP contribution in [-0.4, -0.2) is 29.1 Å². The predicted octanol–water partition coefficient (Wildman–Crippen LogP) is 11.7. The zero-order valence-corrected chi connectivity index (χ0v) is 29.2. The minimum atomic E-state index is -4.89. The highest BCUT2D eigenvalue weighted by molar-refractivity contribution is 6.10. The Bertz CT molecular complexity index is 2890. The number of benzene rings is 5. The quantitative estimate of drug-likeness (QED) is 0.162. The summed E-state index contributed by atoms with van der Waals surface area (Å²) in [5.74, 6) is 0.937. The highest BCUT2D eigenvalue weighted by Gasteiger charge is 2.40. The van der Waals surface area contributed by atoms with Crippen LogP contribution in [0, 0.1) is 0 Å². The van der Waals surface area contributed by atoms with Crippen LogP contribution in [0.4, 0.5) is 13.2 Å². The van der Waals surface area contributed by atoms with Crippen LogP contribution < -0.4 is 9.47 Å². The first-order valence-electron chi connectivity index (χ1n) is 17.7. The molecular formula is C45H27F3N6O2. The monoisotopic (exact) mass is 740 g/mol. The van der Waals surface area contributed by atoms with Crippen LogP contribution in [0.5, 0.6) is 23.0 Å². The third kappa shape index (κ3) is 5.64. The minimum absolute atomic E-state index is 0.182. The summed E-state index contributed by atoms with van der Waals surface area (Å²) < 4.78 is 62.6. The van der Waals surface area contributed by atoms with E-state index < -0.39 is 23.2 Å². The summed E-state index contributed by atoms with van der Waals surface area (Å²) in [6.45, 7) is 0. The number of rotatable bonds is 7.